The Hall–Kier alpha value is -1.95. The highest BCUT2D eigenvalue weighted by atomic mass is 32.1. The molecule has 0 radical (unpaired) electrons. The monoisotopic (exact) mass is 368 g/mol. The van der Waals surface area contributed by atoms with Crippen molar-refractivity contribution in [1.29, 1.82) is 0 Å². The minimum atomic E-state index is -0.0739. The molecule has 2 aromatic heterocycles. The molecule has 3 heterocycles. The smallest absolute Gasteiger partial charge is 0.234 e. The van der Waals surface area contributed by atoms with Gasteiger partial charge in [0.15, 0.2) is 0 Å². The van der Waals surface area contributed by atoms with Gasteiger partial charge in [-0.25, -0.2) is 0 Å². The Morgan fingerprint density at radius 1 is 1.08 bits per heavy atom. The summed E-state index contributed by atoms with van der Waals surface area (Å²) in [4.78, 5) is 17.6. The summed E-state index contributed by atoms with van der Waals surface area (Å²) in [6, 6.07) is 16.4. The molecule has 0 aliphatic carbocycles. The van der Waals surface area contributed by atoms with Crippen LogP contribution in [-0.2, 0) is 17.8 Å². The normalized spacial score (nSPS) is 15.5. The standard InChI is InChI=1S/C20H20N2OS2/c23-19(14-22-10-8-17-16(13-22)9-12-25-17)21-20(18-7-4-11-24-18)15-5-2-1-3-6-15/h1-7,9,11-12,20H,8,10,13-14H2,(H,21,23). The van der Waals surface area contributed by atoms with E-state index in [0.717, 1.165) is 25.1 Å². The van der Waals surface area contributed by atoms with Crippen molar-refractivity contribution >= 4 is 28.6 Å². The van der Waals surface area contributed by atoms with Crippen LogP contribution in [0.4, 0.5) is 0 Å². The van der Waals surface area contributed by atoms with E-state index in [1.54, 1.807) is 11.3 Å². The van der Waals surface area contributed by atoms with E-state index in [-0.39, 0.29) is 11.9 Å². The maximum Gasteiger partial charge on any atom is 0.234 e. The van der Waals surface area contributed by atoms with Crippen molar-refractivity contribution in [1.82, 2.24) is 10.2 Å². The van der Waals surface area contributed by atoms with Crippen LogP contribution in [0.15, 0.2) is 59.3 Å². The van der Waals surface area contributed by atoms with E-state index in [0.29, 0.717) is 6.54 Å². The van der Waals surface area contributed by atoms with E-state index in [1.165, 1.54) is 15.3 Å². The summed E-state index contributed by atoms with van der Waals surface area (Å²) in [6.45, 7) is 2.28. The molecule has 1 unspecified atom stereocenters. The van der Waals surface area contributed by atoms with Crippen LogP contribution in [0.1, 0.15) is 26.9 Å². The van der Waals surface area contributed by atoms with E-state index < -0.39 is 0 Å². The minimum Gasteiger partial charge on any atom is -0.343 e. The van der Waals surface area contributed by atoms with Gasteiger partial charge in [0.2, 0.25) is 5.91 Å². The highest BCUT2D eigenvalue weighted by Gasteiger charge is 2.22. The molecule has 3 nitrogen and oxygen atoms in total. The summed E-state index contributed by atoms with van der Waals surface area (Å²) in [5.41, 5.74) is 2.50. The Morgan fingerprint density at radius 3 is 2.76 bits per heavy atom. The van der Waals surface area contributed by atoms with Crippen molar-refractivity contribution < 1.29 is 4.79 Å². The minimum absolute atomic E-state index is 0.0739. The van der Waals surface area contributed by atoms with Gasteiger partial charge >= 0.3 is 0 Å². The van der Waals surface area contributed by atoms with Gasteiger partial charge in [0.05, 0.1) is 12.6 Å². The van der Waals surface area contributed by atoms with Crippen molar-refractivity contribution in [3.63, 3.8) is 0 Å². The lowest BCUT2D eigenvalue weighted by Crippen LogP contribution is -2.40. The highest BCUT2D eigenvalue weighted by Crippen LogP contribution is 2.26. The van der Waals surface area contributed by atoms with Crippen LogP contribution in [0.2, 0.25) is 0 Å². The first-order chi connectivity index (χ1) is 12.3. The first-order valence-corrected chi connectivity index (χ1v) is 10.2. The number of amides is 1. The van der Waals surface area contributed by atoms with E-state index in [1.807, 2.05) is 35.6 Å². The Bertz CT molecular complexity index is 827. The van der Waals surface area contributed by atoms with Gasteiger partial charge in [0.1, 0.15) is 0 Å². The molecule has 0 fully saturated rings. The number of rotatable bonds is 5. The fraction of sp³-hybridized carbons (Fsp3) is 0.250. The zero-order valence-electron chi connectivity index (χ0n) is 13.9. The molecule has 1 aromatic carbocycles. The Balaban J connectivity index is 1.45. The second-order valence-electron chi connectivity index (χ2n) is 6.26. The fourth-order valence-electron chi connectivity index (χ4n) is 3.27. The number of hydrogen-bond acceptors (Lipinski definition) is 4. The summed E-state index contributed by atoms with van der Waals surface area (Å²) < 4.78 is 0. The van der Waals surface area contributed by atoms with E-state index >= 15 is 0 Å². The number of benzene rings is 1. The summed E-state index contributed by atoms with van der Waals surface area (Å²) >= 11 is 3.51. The molecular formula is C20H20N2OS2. The topological polar surface area (TPSA) is 32.3 Å². The number of carbonyl (C=O) groups is 1. The third-order valence-corrected chi connectivity index (χ3v) is 6.48. The first-order valence-electron chi connectivity index (χ1n) is 8.45. The lowest BCUT2D eigenvalue weighted by atomic mass is 10.1. The molecule has 0 spiro atoms. The molecule has 1 atom stereocenters. The predicted octanol–water partition coefficient (Wildman–Crippen LogP) is 4.07. The fourth-order valence-corrected chi connectivity index (χ4v) is 4.96. The van der Waals surface area contributed by atoms with E-state index in [2.05, 4.69) is 45.2 Å². The van der Waals surface area contributed by atoms with Gasteiger partial charge in [-0.15, -0.1) is 22.7 Å². The van der Waals surface area contributed by atoms with Gasteiger partial charge in [-0.1, -0.05) is 36.4 Å². The van der Waals surface area contributed by atoms with Gasteiger partial charge in [0.25, 0.3) is 0 Å². The third-order valence-electron chi connectivity index (χ3n) is 4.52. The highest BCUT2D eigenvalue weighted by molar-refractivity contribution is 7.10. The van der Waals surface area contributed by atoms with Crippen molar-refractivity contribution in [2.75, 3.05) is 13.1 Å². The maximum atomic E-state index is 12.7. The van der Waals surface area contributed by atoms with E-state index in [9.17, 15) is 4.79 Å². The van der Waals surface area contributed by atoms with Crippen LogP contribution in [0.5, 0.6) is 0 Å². The molecule has 0 bridgehead atoms. The molecule has 4 rings (SSSR count). The third kappa shape index (κ3) is 3.84. The van der Waals surface area contributed by atoms with Crippen molar-refractivity contribution in [2.45, 2.75) is 19.0 Å². The number of carbonyl (C=O) groups excluding carboxylic acids is 1. The Kier molecular flexibility index (Phi) is 4.97. The predicted molar refractivity (Wildman–Crippen MR) is 104 cm³/mol. The molecule has 0 saturated carbocycles. The number of nitrogens with zero attached hydrogens (tertiary/aromatic N) is 1. The summed E-state index contributed by atoms with van der Waals surface area (Å²) in [7, 11) is 0. The molecule has 5 heteroatoms. The van der Waals surface area contributed by atoms with Crippen LogP contribution in [0.3, 0.4) is 0 Å². The quantitative estimate of drug-likeness (QED) is 0.736. The van der Waals surface area contributed by atoms with Crippen LogP contribution in [0.25, 0.3) is 0 Å². The van der Waals surface area contributed by atoms with Gasteiger partial charge in [-0.3, -0.25) is 9.69 Å². The van der Waals surface area contributed by atoms with Crippen LogP contribution in [-0.4, -0.2) is 23.9 Å². The van der Waals surface area contributed by atoms with Crippen LogP contribution >= 0.6 is 22.7 Å². The molecule has 3 aromatic rings. The lowest BCUT2D eigenvalue weighted by Gasteiger charge is -2.27. The zero-order valence-corrected chi connectivity index (χ0v) is 15.5. The second kappa shape index (κ2) is 7.52. The lowest BCUT2D eigenvalue weighted by molar-refractivity contribution is -0.122. The molecule has 0 saturated heterocycles. The molecule has 25 heavy (non-hydrogen) atoms. The molecule has 1 N–H and O–H groups in total. The summed E-state index contributed by atoms with van der Waals surface area (Å²) in [6.07, 6.45) is 1.05. The van der Waals surface area contributed by atoms with Gasteiger partial charge in [0, 0.05) is 22.8 Å². The molecule has 128 valence electrons. The Morgan fingerprint density at radius 2 is 1.96 bits per heavy atom. The van der Waals surface area contributed by atoms with Crippen LogP contribution in [0, 0.1) is 0 Å². The van der Waals surface area contributed by atoms with Gasteiger partial charge in [-0.2, -0.15) is 0 Å². The molecule has 1 aliphatic heterocycles. The number of thiophene rings is 2. The largest absolute Gasteiger partial charge is 0.343 e. The Labute approximate surface area is 155 Å². The number of nitrogens with one attached hydrogen (secondary N) is 1. The van der Waals surface area contributed by atoms with Crippen LogP contribution < -0.4 is 5.32 Å². The SMILES string of the molecule is O=C(CN1CCc2sccc2C1)NC(c1ccccc1)c1cccs1. The molecular weight excluding hydrogens is 348 g/mol. The average molecular weight is 369 g/mol. The molecule has 1 amide bonds. The average Bonchev–Trinajstić information content (AvgIpc) is 3.31. The number of hydrogen-bond donors (Lipinski definition) is 1. The second-order valence-corrected chi connectivity index (χ2v) is 8.24. The first kappa shape index (κ1) is 16.5. The van der Waals surface area contributed by atoms with Gasteiger partial charge < -0.3 is 5.32 Å². The van der Waals surface area contributed by atoms with Gasteiger partial charge in [-0.05, 0) is 40.4 Å². The van der Waals surface area contributed by atoms with Crippen molar-refractivity contribution in [3.8, 4) is 0 Å². The zero-order chi connectivity index (χ0) is 17.1. The number of fused-ring (bicyclic) bond motifs is 1. The van der Waals surface area contributed by atoms with E-state index in [4.69, 9.17) is 0 Å². The molecule has 1 aliphatic rings. The van der Waals surface area contributed by atoms with Crippen molar-refractivity contribution in [3.05, 3.63) is 80.2 Å². The van der Waals surface area contributed by atoms with Crippen molar-refractivity contribution in [2.24, 2.45) is 0 Å². The summed E-state index contributed by atoms with van der Waals surface area (Å²) in [5, 5.41) is 7.44. The maximum absolute atomic E-state index is 12.7. The summed E-state index contributed by atoms with van der Waals surface area (Å²) in [5.74, 6) is 0.0842.